The zero-order valence-electron chi connectivity index (χ0n) is 19.2. The van der Waals surface area contributed by atoms with Crippen molar-refractivity contribution in [2.24, 2.45) is 0 Å². The van der Waals surface area contributed by atoms with Crippen LogP contribution in [0, 0.1) is 0 Å². The summed E-state index contributed by atoms with van der Waals surface area (Å²) < 4.78 is 81.2. The molecule has 5 rings (SSSR count). The highest BCUT2D eigenvalue weighted by Crippen LogP contribution is 2.38. The van der Waals surface area contributed by atoms with Gasteiger partial charge < -0.3 is 19.9 Å². The number of alkyl halides is 6. The van der Waals surface area contributed by atoms with E-state index in [0.717, 1.165) is 18.2 Å². The van der Waals surface area contributed by atoms with Gasteiger partial charge in [-0.05, 0) is 35.4 Å². The monoisotopic (exact) mass is 521 g/mol. The molecule has 1 fully saturated rings. The van der Waals surface area contributed by atoms with Crippen LogP contribution < -0.4 is 9.80 Å². The first kappa shape index (κ1) is 24.9. The quantitative estimate of drug-likeness (QED) is 0.348. The highest BCUT2D eigenvalue weighted by molar-refractivity contribution is 5.94. The Morgan fingerprint density at radius 3 is 2.16 bits per heavy atom. The number of benzene rings is 2. The number of aliphatic hydroxyl groups excluding tert-OH is 1. The minimum absolute atomic E-state index is 0.123. The fourth-order valence-corrected chi connectivity index (χ4v) is 4.43. The fraction of sp³-hybridized carbons (Fsp3) is 0.280. The summed E-state index contributed by atoms with van der Waals surface area (Å²) in [6, 6.07) is 10.8. The van der Waals surface area contributed by atoms with Crippen LogP contribution in [0.1, 0.15) is 16.7 Å². The van der Waals surface area contributed by atoms with Gasteiger partial charge in [-0.15, -0.1) is 0 Å². The van der Waals surface area contributed by atoms with Crippen molar-refractivity contribution in [3.05, 3.63) is 71.4 Å². The third kappa shape index (κ3) is 4.93. The Kier molecular flexibility index (Phi) is 6.22. The summed E-state index contributed by atoms with van der Waals surface area (Å²) in [4.78, 5) is 14.8. The molecule has 2 aromatic heterocycles. The van der Waals surface area contributed by atoms with E-state index in [4.69, 9.17) is 0 Å². The van der Waals surface area contributed by atoms with Gasteiger partial charge in [0, 0.05) is 37.9 Å². The van der Waals surface area contributed by atoms with E-state index in [9.17, 15) is 31.4 Å². The summed E-state index contributed by atoms with van der Waals surface area (Å²) in [6.07, 6.45) is -7.82. The molecule has 6 nitrogen and oxygen atoms in total. The third-order valence-corrected chi connectivity index (χ3v) is 6.33. The van der Waals surface area contributed by atoms with Crippen molar-refractivity contribution < 1.29 is 31.4 Å². The summed E-state index contributed by atoms with van der Waals surface area (Å²) >= 11 is 0. The van der Waals surface area contributed by atoms with E-state index < -0.39 is 23.5 Å². The maximum Gasteiger partial charge on any atom is 0.419 e. The molecule has 2 N–H and O–H groups in total. The van der Waals surface area contributed by atoms with Crippen LogP contribution in [0.2, 0.25) is 0 Å². The van der Waals surface area contributed by atoms with Crippen molar-refractivity contribution in [1.29, 1.82) is 0 Å². The molecule has 0 unspecified atom stereocenters. The molecule has 0 radical (unpaired) electrons. The predicted octanol–water partition coefficient (Wildman–Crippen LogP) is 5.48. The number of rotatable bonds is 4. The topological polar surface area (TPSA) is 68.3 Å². The first-order chi connectivity index (χ1) is 17.5. The van der Waals surface area contributed by atoms with Crippen molar-refractivity contribution in [1.82, 2.24) is 15.0 Å². The van der Waals surface area contributed by atoms with Crippen LogP contribution in [0.4, 0.5) is 38.1 Å². The van der Waals surface area contributed by atoms with Crippen LogP contribution >= 0.6 is 0 Å². The van der Waals surface area contributed by atoms with Gasteiger partial charge in [0.05, 0.1) is 28.8 Å². The second kappa shape index (κ2) is 9.25. The summed E-state index contributed by atoms with van der Waals surface area (Å²) in [6.45, 7) is 0.836. The third-order valence-electron chi connectivity index (χ3n) is 6.33. The highest BCUT2D eigenvalue weighted by Gasteiger charge is 2.36. The molecule has 0 aliphatic carbocycles. The normalized spacial score (nSPS) is 15.0. The van der Waals surface area contributed by atoms with Gasteiger partial charge in [-0.3, -0.25) is 0 Å². The van der Waals surface area contributed by atoms with Crippen molar-refractivity contribution >= 4 is 22.8 Å². The number of aromatic nitrogens is 3. The molecule has 0 amide bonds. The Bertz CT molecular complexity index is 1410. The van der Waals surface area contributed by atoms with Crippen molar-refractivity contribution in [2.75, 3.05) is 36.0 Å². The van der Waals surface area contributed by atoms with E-state index in [1.165, 1.54) is 17.2 Å². The SMILES string of the molecule is OCc1ccc(-c2cc(C(F)(F)F)cc3nc(N4CCN(c5ncccc5C(F)(F)F)CC4)[nH]c23)cc1. The average Bonchev–Trinajstić information content (AvgIpc) is 3.32. The number of anilines is 2. The first-order valence-electron chi connectivity index (χ1n) is 11.4. The van der Waals surface area contributed by atoms with Crippen LogP contribution in [0.15, 0.2) is 54.7 Å². The lowest BCUT2D eigenvalue weighted by molar-refractivity contribution is -0.138. The second-order valence-corrected chi connectivity index (χ2v) is 8.68. The maximum absolute atomic E-state index is 13.6. The van der Waals surface area contributed by atoms with E-state index in [0.29, 0.717) is 41.2 Å². The first-order valence-corrected chi connectivity index (χ1v) is 11.4. The number of nitrogens with one attached hydrogen (secondary N) is 1. The molecule has 4 aromatic rings. The van der Waals surface area contributed by atoms with E-state index in [2.05, 4.69) is 15.0 Å². The van der Waals surface area contributed by atoms with E-state index >= 15 is 0 Å². The number of nitrogens with zero attached hydrogens (tertiary/aromatic N) is 4. The lowest BCUT2D eigenvalue weighted by Crippen LogP contribution is -2.47. The minimum Gasteiger partial charge on any atom is -0.392 e. The molecule has 2 aromatic carbocycles. The maximum atomic E-state index is 13.6. The Morgan fingerprint density at radius 1 is 0.865 bits per heavy atom. The Hall–Kier alpha value is -3.80. The predicted molar refractivity (Wildman–Crippen MR) is 126 cm³/mol. The molecule has 1 saturated heterocycles. The second-order valence-electron chi connectivity index (χ2n) is 8.68. The van der Waals surface area contributed by atoms with E-state index in [-0.39, 0.29) is 31.0 Å². The lowest BCUT2D eigenvalue weighted by atomic mass is 10.00. The number of hydrogen-bond acceptors (Lipinski definition) is 5. The van der Waals surface area contributed by atoms with E-state index in [1.54, 1.807) is 29.2 Å². The largest absolute Gasteiger partial charge is 0.419 e. The van der Waals surface area contributed by atoms with Crippen LogP contribution in [0.25, 0.3) is 22.2 Å². The van der Waals surface area contributed by atoms with Crippen molar-refractivity contribution in [2.45, 2.75) is 19.0 Å². The van der Waals surface area contributed by atoms with E-state index in [1.807, 2.05) is 0 Å². The van der Waals surface area contributed by atoms with Crippen LogP contribution in [-0.2, 0) is 19.0 Å². The summed E-state index contributed by atoms with van der Waals surface area (Å²) in [5, 5.41) is 9.28. The molecule has 3 heterocycles. The molecular weight excluding hydrogens is 500 g/mol. The van der Waals surface area contributed by atoms with Gasteiger partial charge in [-0.1, -0.05) is 24.3 Å². The molecule has 0 atom stereocenters. The van der Waals surface area contributed by atoms with Gasteiger partial charge in [0.1, 0.15) is 5.82 Å². The number of aromatic amines is 1. The summed E-state index contributed by atoms with van der Waals surface area (Å²) in [5.74, 6) is 0.182. The molecule has 1 aliphatic heterocycles. The van der Waals surface area contributed by atoms with Gasteiger partial charge in [-0.25, -0.2) is 9.97 Å². The number of H-pyrrole nitrogens is 1. The molecule has 0 bridgehead atoms. The van der Waals surface area contributed by atoms with Gasteiger partial charge in [0.25, 0.3) is 0 Å². The molecule has 0 spiro atoms. The number of fused-ring (bicyclic) bond motifs is 1. The summed E-state index contributed by atoms with van der Waals surface area (Å²) in [5.41, 5.74) is 0.307. The highest BCUT2D eigenvalue weighted by atomic mass is 19.4. The molecule has 194 valence electrons. The van der Waals surface area contributed by atoms with Gasteiger partial charge >= 0.3 is 12.4 Å². The van der Waals surface area contributed by atoms with Gasteiger partial charge in [0.15, 0.2) is 0 Å². The molecule has 0 saturated carbocycles. The zero-order valence-corrected chi connectivity index (χ0v) is 19.2. The Morgan fingerprint density at radius 2 is 1.54 bits per heavy atom. The summed E-state index contributed by atoms with van der Waals surface area (Å²) in [7, 11) is 0. The van der Waals surface area contributed by atoms with Gasteiger partial charge in [0.2, 0.25) is 5.95 Å². The number of hydrogen-bond donors (Lipinski definition) is 2. The molecule has 12 heteroatoms. The number of halogens is 6. The van der Waals surface area contributed by atoms with Crippen LogP contribution in [0.5, 0.6) is 0 Å². The van der Waals surface area contributed by atoms with Crippen LogP contribution in [-0.4, -0.2) is 46.2 Å². The Balaban J connectivity index is 1.46. The zero-order chi connectivity index (χ0) is 26.4. The number of piperazine rings is 1. The average molecular weight is 521 g/mol. The fourth-order valence-electron chi connectivity index (χ4n) is 4.43. The van der Waals surface area contributed by atoms with Crippen LogP contribution in [0.3, 0.4) is 0 Å². The molecule has 37 heavy (non-hydrogen) atoms. The Labute approximate surface area is 207 Å². The van der Waals surface area contributed by atoms with Crippen molar-refractivity contribution in [3.63, 3.8) is 0 Å². The number of aliphatic hydroxyl groups is 1. The standard InChI is InChI=1S/C25H21F6N5O/c26-24(27,28)17-12-18(16-5-3-15(14-37)4-6-16)21-20(13-17)33-23(34-21)36-10-8-35(9-11-36)22-19(25(29,30)31)2-1-7-32-22/h1-7,12-13,37H,8-11,14H2,(H,33,34). The molecule has 1 aliphatic rings. The van der Waals surface area contributed by atoms with Crippen molar-refractivity contribution in [3.8, 4) is 11.1 Å². The number of pyridine rings is 1. The number of imidazole rings is 1. The smallest absolute Gasteiger partial charge is 0.392 e. The minimum atomic E-state index is -4.59. The van der Waals surface area contributed by atoms with Gasteiger partial charge in [-0.2, -0.15) is 26.3 Å². The molecular formula is C25H21F6N5O. The lowest BCUT2D eigenvalue weighted by Gasteiger charge is -2.36.